The van der Waals surface area contributed by atoms with E-state index in [1.165, 1.54) is 31.3 Å². The Kier molecular flexibility index (Phi) is 10.4. The second-order valence-electron chi connectivity index (χ2n) is 18.1. The van der Waals surface area contributed by atoms with Crippen LogP contribution in [0.1, 0.15) is 144 Å². The Labute approximate surface area is 284 Å². The van der Waals surface area contributed by atoms with Gasteiger partial charge in [0.15, 0.2) is 0 Å². The molecule has 0 aliphatic heterocycles. The van der Waals surface area contributed by atoms with Crippen molar-refractivity contribution >= 4 is 17.8 Å². The highest BCUT2D eigenvalue weighted by atomic mass is 16.4. The Morgan fingerprint density at radius 1 is 0.745 bits per heavy atom. The molecule has 5 aliphatic carbocycles. The number of allylic oxidation sites excluding steroid dienone is 1. The van der Waals surface area contributed by atoms with Gasteiger partial charge in [0, 0.05) is 25.9 Å². The van der Waals surface area contributed by atoms with Crippen LogP contribution in [0.2, 0.25) is 0 Å². The molecule has 47 heavy (non-hydrogen) atoms. The van der Waals surface area contributed by atoms with E-state index in [0.717, 1.165) is 57.8 Å². The van der Waals surface area contributed by atoms with Gasteiger partial charge in [-0.3, -0.25) is 14.4 Å². The molecule has 0 heterocycles. The minimum atomic E-state index is -0.841. The van der Waals surface area contributed by atoms with Crippen LogP contribution >= 0.6 is 0 Å². The number of carbonyl (C=O) groups excluding carboxylic acids is 2. The molecule has 0 saturated heterocycles. The van der Waals surface area contributed by atoms with Gasteiger partial charge in [0.05, 0.1) is 11.5 Å². The van der Waals surface area contributed by atoms with Crippen molar-refractivity contribution in [2.24, 2.45) is 56.7 Å². The molecule has 0 radical (unpaired) electrons. The summed E-state index contributed by atoms with van der Waals surface area (Å²) in [7, 11) is 0. The molecule has 7 nitrogen and oxygen atoms in total. The molecular formula is C40H66N2O5. The molecule has 266 valence electrons. The van der Waals surface area contributed by atoms with Crippen molar-refractivity contribution in [1.29, 1.82) is 0 Å². The lowest BCUT2D eigenvalue weighted by Crippen LogP contribution is -2.67. The number of hydrogen-bond donors (Lipinski definition) is 4. The standard InChI is InChI=1S/C40H66N2O5/c1-26(2)27-16-21-40(35(47)42-24-10-8-9-12-32(44)41-25-11-13-33(45)46)23-22-38(6)28(34(27)40)14-15-30-37(5)19-18-31(43)36(3,4)29(37)17-20-39(30,38)7/h27-31,34,43H,1,8-25H2,2-7H3,(H,41,44)(H,42,47)(H,45,46)/t27-,28+,29-,30?,31-,34+,37-,38+,39+,40-/m0/s1. The zero-order valence-electron chi connectivity index (χ0n) is 30.5. The van der Waals surface area contributed by atoms with Crippen molar-refractivity contribution in [3.63, 3.8) is 0 Å². The Bertz CT molecular complexity index is 1210. The lowest BCUT2D eigenvalue weighted by Gasteiger charge is -2.72. The second kappa shape index (κ2) is 13.4. The first-order valence-corrected chi connectivity index (χ1v) is 19.1. The van der Waals surface area contributed by atoms with E-state index in [9.17, 15) is 19.5 Å². The van der Waals surface area contributed by atoms with Crippen LogP contribution in [0, 0.1) is 56.7 Å². The molecule has 7 heteroatoms. The lowest BCUT2D eigenvalue weighted by atomic mass is 9.32. The zero-order valence-corrected chi connectivity index (χ0v) is 30.5. The lowest BCUT2D eigenvalue weighted by molar-refractivity contribution is -0.246. The molecule has 1 unspecified atom stereocenters. The maximum atomic E-state index is 14.3. The van der Waals surface area contributed by atoms with Crippen LogP contribution in [0.4, 0.5) is 0 Å². The van der Waals surface area contributed by atoms with E-state index in [2.05, 4.69) is 58.8 Å². The number of rotatable bonds is 12. The van der Waals surface area contributed by atoms with Crippen LogP contribution < -0.4 is 10.6 Å². The summed E-state index contributed by atoms with van der Waals surface area (Å²) in [6, 6.07) is 0. The summed E-state index contributed by atoms with van der Waals surface area (Å²) in [5.74, 6) is 1.86. The molecule has 10 atom stereocenters. The summed E-state index contributed by atoms with van der Waals surface area (Å²) in [6.07, 6.45) is 14.3. The fourth-order valence-electron chi connectivity index (χ4n) is 13.0. The summed E-state index contributed by atoms with van der Waals surface area (Å²) < 4.78 is 0. The monoisotopic (exact) mass is 654 g/mol. The van der Waals surface area contributed by atoms with E-state index in [0.29, 0.717) is 55.5 Å². The summed E-state index contributed by atoms with van der Waals surface area (Å²) in [6.45, 7) is 20.2. The fourth-order valence-corrected chi connectivity index (χ4v) is 13.0. The SMILES string of the molecule is C=C(C)[C@@H]1CC[C@]2(C(=O)NCCCCCC(=O)NCCCC(=O)O)CC[C@]3(C)[C@H](CCC4[C@@]5(C)CC[C@H](O)C(C)(C)[C@@H]5CC[C@]43C)[C@@H]12. The molecule has 5 rings (SSSR count). The highest BCUT2D eigenvalue weighted by molar-refractivity contribution is 5.84. The van der Waals surface area contributed by atoms with Gasteiger partial charge in [-0.1, -0.05) is 53.2 Å². The van der Waals surface area contributed by atoms with Crippen LogP contribution in [-0.4, -0.2) is 47.2 Å². The number of aliphatic hydroxyl groups is 1. The smallest absolute Gasteiger partial charge is 0.303 e. The molecule has 4 N–H and O–H groups in total. The normalized spacial score (nSPS) is 41.9. The van der Waals surface area contributed by atoms with Gasteiger partial charge in [-0.05, 0) is 142 Å². The minimum absolute atomic E-state index is 0.0288. The predicted molar refractivity (Wildman–Crippen MR) is 186 cm³/mol. The molecule has 0 aromatic heterocycles. The van der Waals surface area contributed by atoms with Crippen LogP contribution in [0.3, 0.4) is 0 Å². The number of amides is 2. The van der Waals surface area contributed by atoms with Gasteiger partial charge in [0.25, 0.3) is 0 Å². The van der Waals surface area contributed by atoms with Crippen molar-refractivity contribution < 1.29 is 24.6 Å². The third-order valence-electron chi connectivity index (χ3n) is 15.8. The second-order valence-corrected chi connectivity index (χ2v) is 18.1. The summed E-state index contributed by atoms with van der Waals surface area (Å²) in [4.78, 5) is 37.0. The number of nitrogens with one attached hydrogen (secondary N) is 2. The van der Waals surface area contributed by atoms with Crippen molar-refractivity contribution in [1.82, 2.24) is 10.6 Å². The van der Waals surface area contributed by atoms with Crippen LogP contribution in [-0.2, 0) is 14.4 Å². The zero-order chi connectivity index (χ0) is 34.4. The largest absolute Gasteiger partial charge is 0.481 e. The quantitative estimate of drug-likeness (QED) is 0.127. The highest BCUT2D eigenvalue weighted by Crippen LogP contribution is 2.77. The van der Waals surface area contributed by atoms with E-state index in [1.807, 2.05) is 0 Å². The molecule has 5 saturated carbocycles. The van der Waals surface area contributed by atoms with Gasteiger partial charge in [0.2, 0.25) is 11.8 Å². The number of hydrogen-bond acceptors (Lipinski definition) is 4. The van der Waals surface area contributed by atoms with Crippen LogP contribution in [0.5, 0.6) is 0 Å². The van der Waals surface area contributed by atoms with Crippen LogP contribution in [0.25, 0.3) is 0 Å². The Morgan fingerprint density at radius 3 is 2.17 bits per heavy atom. The van der Waals surface area contributed by atoms with Gasteiger partial charge in [-0.2, -0.15) is 0 Å². The molecule has 0 bridgehead atoms. The van der Waals surface area contributed by atoms with Crippen molar-refractivity contribution in [2.75, 3.05) is 13.1 Å². The van der Waals surface area contributed by atoms with Crippen molar-refractivity contribution in [2.45, 2.75) is 150 Å². The minimum Gasteiger partial charge on any atom is -0.481 e. The number of unbranched alkanes of at least 4 members (excludes halogenated alkanes) is 2. The molecule has 0 aromatic carbocycles. The molecule has 5 aliphatic rings. The molecule has 2 amide bonds. The summed E-state index contributed by atoms with van der Waals surface area (Å²) in [5, 5.41) is 26.0. The van der Waals surface area contributed by atoms with E-state index in [4.69, 9.17) is 5.11 Å². The molecular weight excluding hydrogens is 588 g/mol. The fraction of sp³-hybridized carbons (Fsp3) is 0.875. The molecule has 0 spiro atoms. The van der Waals surface area contributed by atoms with E-state index >= 15 is 0 Å². The van der Waals surface area contributed by atoms with Gasteiger partial charge in [-0.25, -0.2) is 0 Å². The summed E-state index contributed by atoms with van der Waals surface area (Å²) >= 11 is 0. The Hall–Kier alpha value is -1.89. The number of carboxylic acids is 1. The van der Waals surface area contributed by atoms with Crippen molar-refractivity contribution in [3.8, 4) is 0 Å². The van der Waals surface area contributed by atoms with Crippen LogP contribution in [0.15, 0.2) is 12.2 Å². The van der Waals surface area contributed by atoms with E-state index in [-0.39, 0.29) is 51.4 Å². The number of aliphatic carboxylic acids is 1. The van der Waals surface area contributed by atoms with Gasteiger partial charge >= 0.3 is 5.97 Å². The third kappa shape index (κ3) is 6.11. The number of fused-ring (bicyclic) bond motifs is 7. The average Bonchev–Trinajstić information content (AvgIpc) is 3.41. The number of carbonyl (C=O) groups is 3. The first-order valence-electron chi connectivity index (χ1n) is 19.1. The average molecular weight is 655 g/mol. The Morgan fingerprint density at radius 2 is 1.47 bits per heavy atom. The molecule has 5 fully saturated rings. The van der Waals surface area contributed by atoms with E-state index in [1.54, 1.807) is 0 Å². The molecule has 0 aromatic rings. The maximum Gasteiger partial charge on any atom is 0.303 e. The number of carboxylic acid groups (broad SMARTS) is 1. The first kappa shape index (κ1) is 36.4. The maximum absolute atomic E-state index is 14.3. The topological polar surface area (TPSA) is 116 Å². The highest BCUT2D eigenvalue weighted by Gasteiger charge is 2.71. The first-order chi connectivity index (χ1) is 22.0. The van der Waals surface area contributed by atoms with E-state index < -0.39 is 5.97 Å². The van der Waals surface area contributed by atoms with Crippen molar-refractivity contribution in [3.05, 3.63) is 12.2 Å². The number of aliphatic hydroxyl groups excluding tert-OH is 1. The van der Waals surface area contributed by atoms with Gasteiger partial charge in [-0.15, -0.1) is 0 Å². The third-order valence-corrected chi connectivity index (χ3v) is 15.8. The Balaban J connectivity index is 1.24. The van der Waals surface area contributed by atoms with Gasteiger partial charge < -0.3 is 20.8 Å². The van der Waals surface area contributed by atoms with Gasteiger partial charge in [0.1, 0.15) is 0 Å². The predicted octanol–water partition coefficient (Wildman–Crippen LogP) is 7.66. The summed E-state index contributed by atoms with van der Waals surface area (Å²) in [5.41, 5.74) is 1.56.